The van der Waals surface area contributed by atoms with Crippen molar-refractivity contribution in [3.8, 4) is 11.1 Å². The number of amides is 1. The van der Waals surface area contributed by atoms with Gasteiger partial charge in [0.25, 0.3) is 5.91 Å². The summed E-state index contributed by atoms with van der Waals surface area (Å²) in [6.45, 7) is 0.275. The Morgan fingerprint density at radius 1 is 1.12 bits per heavy atom. The molecule has 1 aromatic heterocycles. The summed E-state index contributed by atoms with van der Waals surface area (Å²) in [7, 11) is 1.95. The summed E-state index contributed by atoms with van der Waals surface area (Å²) < 4.78 is 43.1. The first-order chi connectivity index (χ1) is 20.7. The first-order valence-electron chi connectivity index (χ1n) is 14.3. The molecule has 2 aromatic carbocycles. The SMILES string of the molecule is CN1CCCCC1CC(O)N1C(=O)c2ccc(-c3ccc(Cl)cc3)c(Cc3ncc(Cl)cn3)c2[C@]1(F)OCC1OCC1F. The number of carbonyl (C=O) groups is 1. The van der Waals surface area contributed by atoms with E-state index in [0.29, 0.717) is 32.6 Å². The van der Waals surface area contributed by atoms with E-state index in [4.69, 9.17) is 32.7 Å². The molecule has 1 amide bonds. The van der Waals surface area contributed by atoms with E-state index < -0.39 is 37.0 Å². The minimum atomic E-state index is -2.93. The van der Waals surface area contributed by atoms with Gasteiger partial charge in [0.15, 0.2) is 6.17 Å². The third kappa shape index (κ3) is 5.89. The summed E-state index contributed by atoms with van der Waals surface area (Å²) >= 11 is 12.2. The molecule has 4 unspecified atom stereocenters. The van der Waals surface area contributed by atoms with Gasteiger partial charge in [0.2, 0.25) is 0 Å². The maximum Gasteiger partial charge on any atom is 0.323 e. The molecule has 0 bridgehead atoms. The fourth-order valence-corrected chi connectivity index (χ4v) is 6.36. The highest BCUT2D eigenvalue weighted by atomic mass is 35.5. The van der Waals surface area contributed by atoms with Gasteiger partial charge in [-0.3, -0.25) is 9.69 Å². The highest BCUT2D eigenvalue weighted by Crippen LogP contribution is 2.48. The van der Waals surface area contributed by atoms with Crippen LogP contribution in [0, 0.1) is 0 Å². The number of rotatable bonds is 9. The molecule has 43 heavy (non-hydrogen) atoms. The molecule has 2 fully saturated rings. The zero-order valence-corrected chi connectivity index (χ0v) is 25.1. The molecule has 6 rings (SSSR count). The lowest BCUT2D eigenvalue weighted by molar-refractivity contribution is -0.286. The lowest BCUT2D eigenvalue weighted by Gasteiger charge is -2.40. The quantitative estimate of drug-likeness (QED) is 0.311. The van der Waals surface area contributed by atoms with Crippen molar-refractivity contribution < 1.29 is 28.2 Å². The van der Waals surface area contributed by atoms with Crippen molar-refractivity contribution in [1.29, 1.82) is 0 Å². The van der Waals surface area contributed by atoms with Crippen molar-refractivity contribution in [2.24, 2.45) is 0 Å². The van der Waals surface area contributed by atoms with Crippen molar-refractivity contribution in [2.75, 3.05) is 26.8 Å². The number of alkyl halides is 2. The average Bonchev–Trinajstić information content (AvgIpc) is 3.21. The molecule has 3 aliphatic heterocycles. The van der Waals surface area contributed by atoms with Crippen LogP contribution >= 0.6 is 23.2 Å². The second kappa shape index (κ2) is 12.3. The van der Waals surface area contributed by atoms with Crippen LogP contribution in [-0.2, 0) is 21.9 Å². The molecule has 0 saturated carbocycles. The maximum atomic E-state index is 17.8. The number of ether oxygens (including phenoxy) is 2. The topological polar surface area (TPSA) is 88.0 Å². The highest BCUT2D eigenvalue weighted by molar-refractivity contribution is 6.30. The molecule has 4 heterocycles. The minimum absolute atomic E-state index is 0.0155. The Balaban J connectivity index is 1.47. The Morgan fingerprint density at radius 2 is 1.84 bits per heavy atom. The fourth-order valence-electron chi connectivity index (χ4n) is 6.14. The molecule has 0 radical (unpaired) electrons. The standard InChI is InChI=1S/C31H32Cl2F2N4O4/c1-38-11-3-2-4-21(38)12-28(40)39-30(41)23-10-9-22(18-5-7-19(32)8-6-18)24(13-27-36-14-20(33)15-37-27)29(23)31(39,35)43-17-26-25(34)16-42-26/h5-10,14-15,21,25-26,28,40H,2-4,11-13,16-17H2,1H3/t21?,25?,26?,28?,31-/m1/s1. The van der Waals surface area contributed by atoms with Gasteiger partial charge < -0.3 is 19.5 Å². The number of benzene rings is 2. The van der Waals surface area contributed by atoms with Crippen LogP contribution in [0.5, 0.6) is 0 Å². The van der Waals surface area contributed by atoms with Crippen LogP contribution in [0.4, 0.5) is 8.78 Å². The zero-order chi connectivity index (χ0) is 30.3. The molecule has 5 atom stereocenters. The molecule has 8 nitrogen and oxygen atoms in total. The third-order valence-corrected chi connectivity index (χ3v) is 9.01. The second-order valence-corrected chi connectivity index (χ2v) is 12.2. The van der Waals surface area contributed by atoms with Gasteiger partial charge in [0, 0.05) is 36.3 Å². The Hall–Kier alpha value is -2.73. The Morgan fingerprint density at radius 3 is 2.49 bits per heavy atom. The molecule has 12 heteroatoms. The monoisotopic (exact) mass is 632 g/mol. The number of aliphatic hydroxyl groups is 1. The summed E-state index contributed by atoms with van der Waals surface area (Å²) in [5.74, 6) is -3.32. The highest BCUT2D eigenvalue weighted by Gasteiger charge is 2.57. The van der Waals surface area contributed by atoms with Gasteiger partial charge in [0.05, 0.1) is 29.4 Å². The molecule has 3 aliphatic rings. The van der Waals surface area contributed by atoms with Crippen LogP contribution < -0.4 is 0 Å². The van der Waals surface area contributed by atoms with Gasteiger partial charge >= 0.3 is 5.98 Å². The lowest BCUT2D eigenvalue weighted by atomic mass is 9.89. The van der Waals surface area contributed by atoms with Crippen LogP contribution in [-0.4, -0.2) is 82.1 Å². The predicted molar refractivity (Wildman–Crippen MR) is 157 cm³/mol. The van der Waals surface area contributed by atoms with Gasteiger partial charge in [-0.25, -0.2) is 14.4 Å². The number of piperidine rings is 1. The van der Waals surface area contributed by atoms with Crippen molar-refractivity contribution in [1.82, 2.24) is 19.8 Å². The fraction of sp³-hybridized carbons (Fsp3) is 0.452. The molecule has 228 valence electrons. The van der Waals surface area contributed by atoms with Crippen molar-refractivity contribution in [3.63, 3.8) is 0 Å². The van der Waals surface area contributed by atoms with E-state index in [2.05, 4.69) is 14.9 Å². The Labute approximate surface area is 258 Å². The average molecular weight is 634 g/mol. The summed E-state index contributed by atoms with van der Waals surface area (Å²) in [5, 5.41) is 12.4. The summed E-state index contributed by atoms with van der Waals surface area (Å²) in [4.78, 5) is 25.5. The molecule has 1 N–H and O–H groups in total. The number of hydrogen-bond donors (Lipinski definition) is 1. The molecular formula is C31H32Cl2F2N4O4. The summed E-state index contributed by atoms with van der Waals surface area (Å²) in [6.07, 6.45) is 1.99. The Bertz CT molecular complexity index is 1480. The Kier molecular flexibility index (Phi) is 8.70. The first-order valence-corrected chi connectivity index (χ1v) is 15.1. The summed E-state index contributed by atoms with van der Waals surface area (Å²) in [5.41, 5.74) is 1.65. The van der Waals surface area contributed by atoms with Crippen LogP contribution in [0.1, 0.15) is 53.0 Å². The number of nitrogens with zero attached hydrogens (tertiary/aromatic N) is 4. The molecule has 2 saturated heterocycles. The van der Waals surface area contributed by atoms with Gasteiger partial charge in [0.1, 0.15) is 18.2 Å². The molecule has 0 spiro atoms. The number of halogens is 4. The van der Waals surface area contributed by atoms with Gasteiger partial charge in [-0.15, -0.1) is 0 Å². The normalized spacial score (nSPS) is 26.3. The van der Waals surface area contributed by atoms with E-state index in [0.717, 1.165) is 30.7 Å². The largest absolute Gasteiger partial charge is 0.373 e. The van der Waals surface area contributed by atoms with E-state index in [9.17, 15) is 14.3 Å². The number of aliphatic hydroxyl groups excluding tert-OH is 1. The van der Waals surface area contributed by atoms with Crippen LogP contribution in [0.3, 0.4) is 0 Å². The van der Waals surface area contributed by atoms with Crippen LogP contribution in [0.15, 0.2) is 48.8 Å². The van der Waals surface area contributed by atoms with Crippen LogP contribution in [0.25, 0.3) is 11.1 Å². The minimum Gasteiger partial charge on any atom is -0.373 e. The molecule has 3 aromatic rings. The maximum absolute atomic E-state index is 17.8. The smallest absolute Gasteiger partial charge is 0.323 e. The van der Waals surface area contributed by atoms with Crippen molar-refractivity contribution >= 4 is 29.1 Å². The van der Waals surface area contributed by atoms with Gasteiger partial charge in [-0.05, 0) is 61.3 Å². The number of carbonyl (C=O) groups excluding carboxylic acids is 1. The number of hydrogen-bond acceptors (Lipinski definition) is 7. The van der Waals surface area contributed by atoms with E-state index >= 15 is 4.39 Å². The van der Waals surface area contributed by atoms with Crippen molar-refractivity contribution in [2.45, 2.75) is 62.6 Å². The van der Waals surface area contributed by atoms with Gasteiger partial charge in [-0.1, -0.05) is 47.8 Å². The first kappa shape index (κ1) is 30.3. The second-order valence-electron chi connectivity index (χ2n) is 11.3. The van der Waals surface area contributed by atoms with Gasteiger partial charge in [-0.2, -0.15) is 4.39 Å². The lowest BCUT2D eigenvalue weighted by Crippen LogP contribution is -2.54. The predicted octanol–water partition coefficient (Wildman–Crippen LogP) is 5.52. The molecule has 0 aliphatic carbocycles. The van der Waals surface area contributed by atoms with Crippen molar-refractivity contribution in [3.05, 3.63) is 81.4 Å². The number of likely N-dealkylation sites (tertiary alicyclic amines) is 1. The van der Waals surface area contributed by atoms with E-state index in [-0.39, 0.29) is 36.6 Å². The van der Waals surface area contributed by atoms with E-state index in [1.54, 1.807) is 30.3 Å². The zero-order valence-electron chi connectivity index (χ0n) is 23.6. The number of fused-ring (bicyclic) bond motifs is 1. The molecular weight excluding hydrogens is 601 g/mol. The third-order valence-electron chi connectivity index (χ3n) is 8.56. The van der Waals surface area contributed by atoms with E-state index in [1.165, 1.54) is 18.5 Å². The van der Waals surface area contributed by atoms with Crippen LogP contribution in [0.2, 0.25) is 10.0 Å². The van der Waals surface area contributed by atoms with E-state index in [1.807, 2.05) is 7.05 Å². The number of aromatic nitrogens is 2. The summed E-state index contributed by atoms with van der Waals surface area (Å²) in [6, 6.07) is 10.2.